The molecular formula is C18H21F3N4OS. The molecule has 1 aromatic rings. The van der Waals surface area contributed by atoms with Crippen molar-refractivity contribution < 1.29 is 17.9 Å². The molecule has 2 aliphatic heterocycles. The van der Waals surface area contributed by atoms with Gasteiger partial charge >= 0.3 is 0 Å². The smallest absolute Gasteiger partial charge is 0.155 e. The van der Waals surface area contributed by atoms with Gasteiger partial charge in [-0.3, -0.25) is 4.99 Å². The highest BCUT2D eigenvalue weighted by atomic mass is 32.2. The summed E-state index contributed by atoms with van der Waals surface area (Å²) < 4.78 is 47.8. The first kappa shape index (κ1) is 19.8. The van der Waals surface area contributed by atoms with Crippen LogP contribution >= 0.6 is 11.8 Å². The van der Waals surface area contributed by atoms with Crippen LogP contribution in [-0.4, -0.2) is 43.1 Å². The summed E-state index contributed by atoms with van der Waals surface area (Å²) in [7, 11) is 1.61. The summed E-state index contributed by atoms with van der Waals surface area (Å²) in [5.41, 5.74) is 11.2. The third-order valence-corrected chi connectivity index (χ3v) is 6.10. The lowest BCUT2D eigenvalue weighted by Gasteiger charge is -2.49. The van der Waals surface area contributed by atoms with Gasteiger partial charge in [0.05, 0.1) is 12.7 Å². The van der Waals surface area contributed by atoms with E-state index in [0.717, 1.165) is 23.9 Å². The zero-order valence-electron chi connectivity index (χ0n) is 14.7. The molecule has 0 saturated carbocycles. The maximum absolute atomic E-state index is 14.6. The minimum atomic E-state index is -1.22. The van der Waals surface area contributed by atoms with E-state index in [1.807, 2.05) is 0 Å². The summed E-state index contributed by atoms with van der Waals surface area (Å²) in [6, 6.07) is 3.28. The van der Waals surface area contributed by atoms with Crippen molar-refractivity contribution in [2.24, 2.45) is 27.4 Å². The number of ether oxygens (including phenoxy) is 1. The van der Waals surface area contributed by atoms with Crippen LogP contribution in [0.2, 0.25) is 0 Å². The summed E-state index contributed by atoms with van der Waals surface area (Å²) in [6.45, 7) is -0.691. The molecule has 5 nitrogen and oxygen atoms in total. The van der Waals surface area contributed by atoms with Gasteiger partial charge in [-0.25, -0.2) is 18.2 Å². The largest absolute Gasteiger partial charge is 0.404 e. The zero-order chi connectivity index (χ0) is 19.6. The Bertz CT molecular complexity index is 801. The normalized spacial score (nSPS) is 31.6. The first-order chi connectivity index (χ1) is 12.9. The lowest BCUT2D eigenvalue weighted by Crippen LogP contribution is -2.54. The highest BCUT2D eigenvalue weighted by Gasteiger charge is 2.53. The maximum Gasteiger partial charge on any atom is 0.155 e. The molecule has 1 fully saturated rings. The summed E-state index contributed by atoms with van der Waals surface area (Å²) in [5.74, 6) is -1.87. The van der Waals surface area contributed by atoms with Crippen LogP contribution in [0.3, 0.4) is 0 Å². The van der Waals surface area contributed by atoms with E-state index in [1.54, 1.807) is 13.3 Å². The molecule has 9 heteroatoms. The average Bonchev–Trinajstić information content (AvgIpc) is 2.64. The SMILES string of the molecule is CN=CC(=CN)[C@H]1C[C@H]2[C@@H](CF)SC(N)=N[C@@]2(c2ccc(F)cc2F)CO1. The third-order valence-electron chi connectivity index (χ3n) is 5.01. The van der Waals surface area contributed by atoms with Crippen molar-refractivity contribution in [1.29, 1.82) is 0 Å². The quantitative estimate of drug-likeness (QED) is 0.763. The number of thioether (sulfide) groups is 1. The molecule has 2 heterocycles. The maximum atomic E-state index is 14.6. The molecule has 27 heavy (non-hydrogen) atoms. The summed E-state index contributed by atoms with van der Waals surface area (Å²) in [4.78, 5) is 8.43. The van der Waals surface area contributed by atoms with Crippen LogP contribution in [0.25, 0.3) is 0 Å². The molecule has 0 unspecified atom stereocenters. The van der Waals surface area contributed by atoms with Gasteiger partial charge in [0.2, 0.25) is 0 Å². The van der Waals surface area contributed by atoms with Crippen molar-refractivity contribution in [2.75, 3.05) is 20.3 Å². The van der Waals surface area contributed by atoms with Gasteiger partial charge < -0.3 is 16.2 Å². The number of nitrogens with zero attached hydrogens (tertiary/aromatic N) is 2. The predicted molar refractivity (Wildman–Crippen MR) is 102 cm³/mol. The Balaban J connectivity index is 2.08. The molecule has 0 aromatic heterocycles. The van der Waals surface area contributed by atoms with Crippen molar-refractivity contribution in [1.82, 2.24) is 0 Å². The van der Waals surface area contributed by atoms with Crippen molar-refractivity contribution >= 4 is 23.1 Å². The molecule has 0 bridgehead atoms. The number of benzene rings is 1. The number of alkyl halides is 1. The van der Waals surface area contributed by atoms with Crippen LogP contribution in [0, 0.1) is 17.6 Å². The molecule has 4 N–H and O–H groups in total. The molecule has 1 saturated heterocycles. The van der Waals surface area contributed by atoms with E-state index >= 15 is 0 Å². The number of hydrogen-bond donors (Lipinski definition) is 2. The van der Waals surface area contributed by atoms with E-state index in [0.29, 0.717) is 12.0 Å². The molecule has 0 amide bonds. The second-order valence-corrected chi connectivity index (χ2v) is 7.76. The number of aliphatic imine (C=N–C) groups is 2. The van der Waals surface area contributed by atoms with E-state index in [1.165, 1.54) is 12.3 Å². The van der Waals surface area contributed by atoms with Crippen LogP contribution in [0.4, 0.5) is 13.2 Å². The minimum absolute atomic E-state index is 0.0302. The number of hydrogen-bond acceptors (Lipinski definition) is 6. The van der Waals surface area contributed by atoms with E-state index < -0.39 is 41.1 Å². The molecule has 0 aliphatic carbocycles. The monoisotopic (exact) mass is 398 g/mol. The van der Waals surface area contributed by atoms with Gasteiger partial charge in [0.15, 0.2) is 5.17 Å². The fourth-order valence-electron chi connectivity index (χ4n) is 3.80. The van der Waals surface area contributed by atoms with Gasteiger partial charge in [-0.1, -0.05) is 17.8 Å². The van der Waals surface area contributed by atoms with Gasteiger partial charge in [0.25, 0.3) is 0 Å². The zero-order valence-corrected chi connectivity index (χ0v) is 15.6. The van der Waals surface area contributed by atoms with Crippen molar-refractivity contribution in [2.45, 2.75) is 23.3 Å². The number of amidine groups is 1. The van der Waals surface area contributed by atoms with Gasteiger partial charge in [0.1, 0.15) is 23.8 Å². The van der Waals surface area contributed by atoms with Crippen LogP contribution in [0.15, 0.2) is 40.0 Å². The van der Waals surface area contributed by atoms with Gasteiger partial charge in [-0.05, 0) is 12.5 Å². The fraction of sp³-hybridized carbons (Fsp3) is 0.444. The van der Waals surface area contributed by atoms with Crippen molar-refractivity contribution in [3.63, 3.8) is 0 Å². The molecular weight excluding hydrogens is 377 g/mol. The lowest BCUT2D eigenvalue weighted by molar-refractivity contribution is -0.0454. The average molecular weight is 398 g/mol. The molecule has 146 valence electrons. The molecule has 1 aromatic carbocycles. The van der Waals surface area contributed by atoms with Crippen LogP contribution < -0.4 is 11.5 Å². The van der Waals surface area contributed by atoms with Gasteiger partial charge in [-0.15, -0.1) is 0 Å². The lowest BCUT2D eigenvalue weighted by atomic mass is 9.71. The molecule has 0 spiro atoms. The Hall–Kier alpha value is -2.00. The molecule has 0 radical (unpaired) electrons. The summed E-state index contributed by atoms with van der Waals surface area (Å²) in [5, 5.41) is -0.375. The summed E-state index contributed by atoms with van der Waals surface area (Å²) in [6.07, 6.45) is 2.89. The Morgan fingerprint density at radius 1 is 1.48 bits per heavy atom. The Morgan fingerprint density at radius 3 is 2.89 bits per heavy atom. The van der Waals surface area contributed by atoms with Crippen LogP contribution in [-0.2, 0) is 10.3 Å². The Labute approximate surface area is 159 Å². The topological polar surface area (TPSA) is 86.0 Å². The van der Waals surface area contributed by atoms with Crippen LogP contribution in [0.1, 0.15) is 12.0 Å². The second-order valence-electron chi connectivity index (χ2n) is 6.50. The number of halogens is 3. The van der Waals surface area contributed by atoms with Crippen molar-refractivity contribution in [3.8, 4) is 0 Å². The number of nitrogens with two attached hydrogens (primary N) is 2. The van der Waals surface area contributed by atoms with E-state index in [9.17, 15) is 13.2 Å². The third kappa shape index (κ3) is 3.58. The second kappa shape index (κ2) is 7.93. The molecule has 3 rings (SSSR count). The standard InChI is InChI=1S/C18H21F3N4OS/c1-24-8-10(7-22)15-5-13-16(6-19)27-17(23)25-18(13,9-26-15)12-3-2-11(20)4-14(12)21/h2-4,7-8,13,15-16H,5-6,9,22H2,1H3,(H2,23,25)/t13-,15+,16+,18+/m0/s1. The van der Waals surface area contributed by atoms with E-state index in [2.05, 4.69) is 9.98 Å². The highest BCUT2D eigenvalue weighted by molar-refractivity contribution is 8.14. The van der Waals surface area contributed by atoms with Crippen molar-refractivity contribution in [3.05, 3.63) is 47.2 Å². The predicted octanol–water partition coefficient (Wildman–Crippen LogP) is 2.51. The number of fused-ring (bicyclic) bond motifs is 1. The Morgan fingerprint density at radius 2 is 2.26 bits per heavy atom. The fourth-order valence-corrected chi connectivity index (χ4v) is 4.88. The van der Waals surface area contributed by atoms with Gasteiger partial charge in [-0.2, -0.15) is 0 Å². The number of rotatable bonds is 4. The van der Waals surface area contributed by atoms with Gasteiger partial charge in [0, 0.05) is 47.8 Å². The Kier molecular flexibility index (Phi) is 5.81. The highest BCUT2D eigenvalue weighted by Crippen LogP contribution is 2.50. The summed E-state index contributed by atoms with van der Waals surface area (Å²) >= 11 is 1.13. The van der Waals surface area contributed by atoms with E-state index in [-0.39, 0.29) is 17.3 Å². The first-order valence-electron chi connectivity index (χ1n) is 8.44. The minimum Gasteiger partial charge on any atom is -0.404 e. The first-order valence-corrected chi connectivity index (χ1v) is 9.32. The van der Waals surface area contributed by atoms with Crippen LogP contribution in [0.5, 0.6) is 0 Å². The molecule has 4 atom stereocenters. The molecule has 2 aliphatic rings. The van der Waals surface area contributed by atoms with E-state index in [4.69, 9.17) is 16.2 Å².